The summed E-state index contributed by atoms with van der Waals surface area (Å²) in [6.45, 7) is 4.77. The van der Waals surface area contributed by atoms with Crippen molar-refractivity contribution < 1.29 is 24.2 Å². The Morgan fingerprint density at radius 2 is 1.89 bits per heavy atom. The number of amidine groups is 1. The molecule has 1 fully saturated rings. The van der Waals surface area contributed by atoms with E-state index < -0.39 is 11.9 Å². The van der Waals surface area contributed by atoms with E-state index in [1.165, 1.54) is 16.5 Å². The third kappa shape index (κ3) is 7.45. The molecular weight excluding hydrogens is 507 g/mol. The van der Waals surface area contributed by atoms with Crippen molar-refractivity contribution in [3.05, 3.63) is 81.1 Å². The standard InChI is InChI=1S/C24H25FN4S.C4H6O4/c1-16-27-23-22(30-16)14-18-6-2-3-8-21(18)28-24(23)29-12-11-26-20(15-29)10-9-17-5-4-7-19(25)13-17;5-3(6)1-2-4(7)8/h2-8,13,20,26H,9-12,14-15H2,1H3;1-2H2,(H,5,6)(H,7,8)/t20-;/m0./s1. The van der Waals surface area contributed by atoms with E-state index in [1.54, 1.807) is 23.5 Å². The first-order valence-electron chi connectivity index (χ1n) is 12.6. The number of halogens is 1. The van der Waals surface area contributed by atoms with Gasteiger partial charge in [-0.1, -0.05) is 30.3 Å². The van der Waals surface area contributed by atoms with Crippen molar-refractivity contribution in [3.8, 4) is 0 Å². The smallest absolute Gasteiger partial charge is 0.303 e. The first-order chi connectivity index (χ1) is 18.3. The summed E-state index contributed by atoms with van der Waals surface area (Å²) in [6, 6.07) is 15.7. The maximum atomic E-state index is 13.5. The summed E-state index contributed by atoms with van der Waals surface area (Å²) in [7, 11) is 0. The molecule has 0 amide bonds. The second kappa shape index (κ2) is 12.7. The SMILES string of the molecule is Cc1nc2c(s1)Cc1ccccc1N=C2N1CCN[C@@H](CCc2cccc(F)c2)C1.O=C(O)CCC(=O)O. The molecule has 1 aromatic heterocycles. The van der Waals surface area contributed by atoms with E-state index in [4.69, 9.17) is 20.2 Å². The van der Waals surface area contributed by atoms with Crippen LogP contribution in [0.25, 0.3) is 0 Å². The van der Waals surface area contributed by atoms with Crippen molar-refractivity contribution in [2.45, 2.75) is 45.1 Å². The Morgan fingerprint density at radius 1 is 1.13 bits per heavy atom. The fourth-order valence-corrected chi connectivity index (χ4v) is 5.51. The predicted octanol–water partition coefficient (Wildman–Crippen LogP) is 4.42. The lowest BCUT2D eigenvalue weighted by atomic mass is 10.0. The minimum absolute atomic E-state index is 0.163. The Balaban J connectivity index is 0.000000368. The molecule has 0 saturated carbocycles. The van der Waals surface area contributed by atoms with Gasteiger partial charge in [-0.2, -0.15) is 0 Å². The van der Waals surface area contributed by atoms with Crippen LogP contribution in [0, 0.1) is 12.7 Å². The molecule has 0 radical (unpaired) electrons. The third-order valence-electron chi connectivity index (χ3n) is 6.36. The van der Waals surface area contributed by atoms with Crippen LogP contribution in [-0.4, -0.2) is 63.5 Å². The van der Waals surface area contributed by atoms with E-state index in [2.05, 4.69) is 41.4 Å². The van der Waals surface area contributed by atoms with Gasteiger partial charge >= 0.3 is 11.9 Å². The van der Waals surface area contributed by atoms with E-state index in [-0.39, 0.29) is 18.7 Å². The van der Waals surface area contributed by atoms with Crippen LogP contribution >= 0.6 is 11.3 Å². The molecule has 0 spiro atoms. The van der Waals surface area contributed by atoms with Gasteiger partial charge in [0.2, 0.25) is 0 Å². The summed E-state index contributed by atoms with van der Waals surface area (Å²) in [5.74, 6) is -1.32. The van der Waals surface area contributed by atoms with Gasteiger partial charge in [-0.25, -0.2) is 14.4 Å². The van der Waals surface area contributed by atoms with Gasteiger partial charge in [0.15, 0.2) is 5.84 Å². The number of para-hydroxylation sites is 1. The number of aliphatic imine (C=N–C) groups is 1. The predicted molar refractivity (Wildman–Crippen MR) is 145 cm³/mol. The average molecular weight is 539 g/mol. The number of rotatable bonds is 6. The fourth-order valence-electron chi connectivity index (χ4n) is 4.55. The number of piperazine rings is 1. The maximum Gasteiger partial charge on any atom is 0.303 e. The molecule has 3 N–H and O–H groups in total. The number of hydrogen-bond donors (Lipinski definition) is 3. The average Bonchev–Trinajstić information content (AvgIpc) is 3.18. The molecule has 3 aromatic rings. The Labute approximate surface area is 224 Å². The highest BCUT2D eigenvalue weighted by atomic mass is 32.1. The summed E-state index contributed by atoms with van der Waals surface area (Å²) in [6.07, 6.45) is 2.12. The quantitative estimate of drug-likeness (QED) is 0.426. The summed E-state index contributed by atoms with van der Waals surface area (Å²) < 4.78 is 13.5. The lowest BCUT2D eigenvalue weighted by Crippen LogP contribution is -2.53. The number of carbonyl (C=O) groups is 2. The first-order valence-corrected chi connectivity index (χ1v) is 13.4. The minimum Gasteiger partial charge on any atom is -0.481 e. The van der Waals surface area contributed by atoms with Crippen LogP contribution in [0.4, 0.5) is 10.1 Å². The topological polar surface area (TPSA) is 115 Å². The number of fused-ring (bicyclic) bond motifs is 2. The van der Waals surface area contributed by atoms with Crippen molar-refractivity contribution in [3.63, 3.8) is 0 Å². The molecule has 5 rings (SSSR count). The molecule has 0 bridgehead atoms. The van der Waals surface area contributed by atoms with Crippen LogP contribution in [0.3, 0.4) is 0 Å². The van der Waals surface area contributed by atoms with Gasteiger partial charge in [-0.3, -0.25) is 9.59 Å². The van der Waals surface area contributed by atoms with Crippen LogP contribution in [-0.2, 0) is 22.4 Å². The van der Waals surface area contributed by atoms with Crippen LogP contribution in [0.5, 0.6) is 0 Å². The highest BCUT2D eigenvalue weighted by Gasteiger charge is 2.28. The third-order valence-corrected chi connectivity index (χ3v) is 7.33. The van der Waals surface area contributed by atoms with Crippen molar-refractivity contribution in [1.29, 1.82) is 0 Å². The number of carboxylic acid groups (broad SMARTS) is 2. The molecule has 200 valence electrons. The number of hydrogen-bond acceptors (Lipinski definition) is 7. The first kappa shape index (κ1) is 27.4. The van der Waals surface area contributed by atoms with Crippen molar-refractivity contribution in [2.75, 3.05) is 19.6 Å². The molecule has 1 atom stereocenters. The number of nitrogens with zero attached hydrogens (tertiary/aromatic N) is 3. The van der Waals surface area contributed by atoms with E-state index in [9.17, 15) is 14.0 Å². The second-order valence-corrected chi connectivity index (χ2v) is 10.6. The normalized spacial score (nSPS) is 16.3. The Morgan fingerprint density at radius 3 is 2.63 bits per heavy atom. The second-order valence-electron chi connectivity index (χ2n) is 9.30. The van der Waals surface area contributed by atoms with Crippen molar-refractivity contribution >= 4 is 34.8 Å². The number of nitrogens with one attached hydrogen (secondary N) is 1. The van der Waals surface area contributed by atoms with E-state index >= 15 is 0 Å². The van der Waals surface area contributed by atoms with Gasteiger partial charge in [0, 0.05) is 37.0 Å². The molecule has 0 aliphatic carbocycles. The Hall–Kier alpha value is -3.63. The molecule has 10 heteroatoms. The molecule has 38 heavy (non-hydrogen) atoms. The number of aliphatic carboxylic acids is 2. The lowest BCUT2D eigenvalue weighted by Gasteiger charge is -2.35. The van der Waals surface area contributed by atoms with E-state index in [0.717, 1.165) is 66.7 Å². The Bertz CT molecular complexity index is 1310. The highest BCUT2D eigenvalue weighted by molar-refractivity contribution is 7.11. The van der Waals surface area contributed by atoms with E-state index in [1.807, 2.05) is 6.07 Å². The molecule has 2 aromatic carbocycles. The summed E-state index contributed by atoms with van der Waals surface area (Å²) >= 11 is 1.77. The van der Waals surface area contributed by atoms with Crippen molar-refractivity contribution in [1.82, 2.24) is 15.2 Å². The van der Waals surface area contributed by atoms with Gasteiger partial charge < -0.3 is 20.4 Å². The van der Waals surface area contributed by atoms with Gasteiger partial charge in [0.05, 0.1) is 23.5 Å². The zero-order valence-corrected chi connectivity index (χ0v) is 22.0. The molecule has 1 saturated heterocycles. The molecular formula is C28H31FN4O4S. The molecule has 3 heterocycles. The van der Waals surface area contributed by atoms with Crippen molar-refractivity contribution in [2.24, 2.45) is 4.99 Å². The summed E-state index contributed by atoms with van der Waals surface area (Å²) in [5, 5.41) is 20.5. The molecule has 8 nitrogen and oxygen atoms in total. The largest absolute Gasteiger partial charge is 0.481 e. The molecule has 2 aliphatic heterocycles. The summed E-state index contributed by atoms with van der Waals surface area (Å²) in [5.41, 5.74) is 4.40. The lowest BCUT2D eigenvalue weighted by molar-refractivity contribution is -0.143. The number of aryl methyl sites for hydroxylation is 2. The number of carboxylic acids is 2. The summed E-state index contributed by atoms with van der Waals surface area (Å²) in [4.78, 5) is 32.9. The van der Waals surface area contributed by atoms with Gasteiger partial charge in [-0.15, -0.1) is 11.3 Å². The van der Waals surface area contributed by atoms with Gasteiger partial charge in [-0.05, 0) is 49.1 Å². The number of thiazole rings is 1. The molecule has 0 unspecified atom stereocenters. The molecule has 2 aliphatic rings. The monoisotopic (exact) mass is 538 g/mol. The fraction of sp³-hybridized carbons (Fsp3) is 0.357. The van der Waals surface area contributed by atoms with Crippen LogP contribution < -0.4 is 5.32 Å². The Kier molecular flexibility index (Phi) is 9.19. The van der Waals surface area contributed by atoms with Crippen LogP contribution in [0.2, 0.25) is 0 Å². The maximum absolute atomic E-state index is 13.5. The number of aromatic nitrogens is 1. The highest BCUT2D eigenvalue weighted by Crippen LogP contribution is 2.32. The van der Waals surface area contributed by atoms with Crippen LogP contribution in [0.1, 0.15) is 46.0 Å². The number of benzene rings is 2. The van der Waals surface area contributed by atoms with Crippen LogP contribution in [0.15, 0.2) is 53.5 Å². The zero-order chi connectivity index (χ0) is 27.1. The zero-order valence-electron chi connectivity index (χ0n) is 21.2. The minimum atomic E-state index is -1.08. The van der Waals surface area contributed by atoms with Gasteiger partial charge in [0.25, 0.3) is 0 Å². The van der Waals surface area contributed by atoms with Gasteiger partial charge in [0.1, 0.15) is 11.5 Å². The van der Waals surface area contributed by atoms with E-state index in [0.29, 0.717) is 6.04 Å².